The Bertz CT molecular complexity index is 780. The van der Waals surface area contributed by atoms with Crippen LogP contribution < -0.4 is 10.7 Å². The van der Waals surface area contributed by atoms with E-state index in [1.807, 2.05) is 26.0 Å². The van der Waals surface area contributed by atoms with Crippen LogP contribution in [-0.2, 0) is 0 Å². The maximum atomic E-state index is 12.7. The van der Waals surface area contributed by atoms with Gasteiger partial charge in [0, 0.05) is 11.6 Å². The third-order valence-corrected chi connectivity index (χ3v) is 4.66. The molecule has 0 aliphatic heterocycles. The summed E-state index contributed by atoms with van der Waals surface area (Å²) in [6.45, 7) is 7.93. The van der Waals surface area contributed by atoms with E-state index in [9.17, 15) is 14.7 Å². The first-order valence-electron chi connectivity index (χ1n) is 8.46. The molecule has 1 heterocycles. The monoisotopic (exact) mass is 330 g/mol. The zero-order valence-electron chi connectivity index (χ0n) is 14.7. The van der Waals surface area contributed by atoms with Crippen molar-refractivity contribution in [1.82, 2.24) is 10.3 Å². The Balaban J connectivity index is 2.42. The van der Waals surface area contributed by atoms with Crippen LogP contribution >= 0.6 is 0 Å². The van der Waals surface area contributed by atoms with Gasteiger partial charge in [-0.15, -0.1) is 0 Å². The molecule has 0 saturated heterocycles. The molecule has 2 atom stereocenters. The molecule has 0 radical (unpaired) electrons. The van der Waals surface area contributed by atoms with Gasteiger partial charge in [-0.25, -0.2) is 0 Å². The number of hydrogen-bond acceptors (Lipinski definition) is 3. The fraction of sp³-hybridized carbons (Fsp3) is 0.474. The van der Waals surface area contributed by atoms with Crippen molar-refractivity contribution in [3.63, 3.8) is 0 Å². The van der Waals surface area contributed by atoms with Crippen molar-refractivity contribution >= 4 is 16.8 Å². The number of H-pyrrole nitrogens is 1. The standard InChI is InChI=1S/C19H26N2O3/c1-5-12(4)16(10-22)21-19(24)15-9-20-17-13(11(2)3)7-6-8-14(17)18(15)23/h6-9,11-12,16,22H,5,10H2,1-4H3,(H,20,23)(H,21,24)/t12-,16-/m0/s1. The maximum Gasteiger partial charge on any atom is 0.257 e. The molecule has 5 heteroatoms. The molecule has 0 aliphatic carbocycles. The van der Waals surface area contributed by atoms with E-state index >= 15 is 0 Å². The second kappa shape index (κ2) is 7.62. The van der Waals surface area contributed by atoms with Gasteiger partial charge in [0.25, 0.3) is 5.91 Å². The van der Waals surface area contributed by atoms with Crippen molar-refractivity contribution in [2.24, 2.45) is 5.92 Å². The largest absolute Gasteiger partial charge is 0.394 e. The van der Waals surface area contributed by atoms with Crippen LogP contribution in [0.1, 0.15) is 56.0 Å². The molecule has 0 unspecified atom stereocenters. The Labute approximate surface area is 142 Å². The van der Waals surface area contributed by atoms with Gasteiger partial charge in [-0.3, -0.25) is 9.59 Å². The normalized spacial score (nSPS) is 13.9. The smallest absolute Gasteiger partial charge is 0.257 e. The number of rotatable bonds is 6. The summed E-state index contributed by atoms with van der Waals surface area (Å²) in [6, 6.07) is 5.19. The summed E-state index contributed by atoms with van der Waals surface area (Å²) in [7, 11) is 0. The van der Waals surface area contributed by atoms with E-state index in [1.165, 1.54) is 6.20 Å². The van der Waals surface area contributed by atoms with Crippen molar-refractivity contribution in [3.8, 4) is 0 Å². The van der Waals surface area contributed by atoms with Crippen LogP contribution in [0, 0.1) is 5.92 Å². The molecule has 3 N–H and O–H groups in total. The van der Waals surface area contributed by atoms with E-state index in [2.05, 4.69) is 24.1 Å². The first-order chi connectivity index (χ1) is 11.4. The van der Waals surface area contributed by atoms with Crippen LogP contribution in [0.2, 0.25) is 0 Å². The molecule has 0 aliphatic rings. The van der Waals surface area contributed by atoms with E-state index in [0.717, 1.165) is 17.5 Å². The summed E-state index contributed by atoms with van der Waals surface area (Å²) in [5.41, 5.74) is 1.61. The molecule has 2 rings (SSSR count). The number of benzene rings is 1. The number of hydrogen-bond donors (Lipinski definition) is 3. The molecule has 2 aromatic rings. The number of aromatic nitrogens is 1. The Morgan fingerprint density at radius 3 is 2.58 bits per heavy atom. The Hall–Kier alpha value is -2.14. The van der Waals surface area contributed by atoms with Crippen LogP contribution in [0.3, 0.4) is 0 Å². The molecule has 0 fully saturated rings. The number of nitrogens with one attached hydrogen (secondary N) is 2. The van der Waals surface area contributed by atoms with Gasteiger partial charge in [0.2, 0.25) is 5.43 Å². The van der Waals surface area contributed by atoms with Crippen LogP contribution in [0.4, 0.5) is 0 Å². The number of fused-ring (bicyclic) bond motifs is 1. The number of carbonyl (C=O) groups excluding carboxylic acids is 1. The molecule has 1 aromatic heterocycles. The number of aliphatic hydroxyl groups excluding tert-OH is 1. The molecule has 1 amide bonds. The molecule has 24 heavy (non-hydrogen) atoms. The molecule has 130 valence electrons. The Morgan fingerprint density at radius 1 is 1.29 bits per heavy atom. The zero-order valence-corrected chi connectivity index (χ0v) is 14.7. The predicted octanol–water partition coefficient (Wildman–Crippen LogP) is 2.79. The topological polar surface area (TPSA) is 82.2 Å². The molecule has 0 spiro atoms. The average Bonchev–Trinajstić information content (AvgIpc) is 2.58. The minimum absolute atomic E-state index is 0.0742. The summed E-state index contributed by atoms with van der Waals surface area (Å²) in [4.78, 5) is 28.3. The summed E-state index contributed by atoms with van der Waals surface area (Å²) in [5.74, 6) is -0.0494. The van der Waals surface area contributed by atoms with Crippen LogP contribution in [0.25, 0.3) is 10.9 Å². The summed E-state index contributed by atoms with van der Waals surface area (Å²) in [6.07, 6.45) is 2.30. The summed E-state index contributed by atoms with van der Waals surface area (Å²) >= 11 is 0. The third kappa shape index (κ3) is 3.51. The van der Waals surface area contributed by atoms with E-state index in [-0.39, 0.29) is 35.5 Å². The van der Waals surface area contributed by atoms with Gasteiger partial charge in [0.15, 0.2) is 0 Å². The minimum atomic E-state index is -0.451. The second-order valence-electron chi connectivity index (χ2n) is 6.60. The first kappa shape index (κ1) is 18.2. The Kier molecular flexibility index (Phi) is 5.78. The van der Waals surface area contributed by atoms with Gasteiger partial charge in [-0.2, -0.15) is 0 Å². The number of aliphatic hydroxyl groups is 1. The molecule has 1 aromatic carbocycles. The molecule has 0 saturated carbocycles. The highest BCUT2D eigenvalue weighted by Crippen LogP contribution is 2.22. The summed E-state index contributed by atoms with van der Waals surface area (Å²) in [5, 5.41) is 12.7. The quantitative estimate of drug-likeness (QED) is 0.761. The van der Waals surface area contributed by atoms with Crippen molar-refractivity contribution in [2.75, 3.05) is 6.61 Å². The lowest BCUT2D eigenvalue weighted by molar-refractivity contribution is 0.0890. The maximum absolute atomic E-state index is 12.7. The highest BCUT2D eigenvalue weighted by molar-refractivity contribution is 5.97. The van der Waals surface area contributed by atoms with E-state index in [1.54, 1.807) is 6.07 Å². The third-order valence-electron chi connectivity index (χ3n) is 4.66. The van der Waals surface area contributed by atoms with Gasteiger partial charge >= 0.3 is 0 Å². The zero-order chi connectivity index (χ0) is 17.9. The van der Waals surface area contributed by atoms with E-state index < -0.39 is 5.91 Å². The van der Waals surface area contributed by atoms with Crippen LogP contribution in [-0.4, -0.2) is 28.6 Å². The van der Waals surface area contributed by atoms with Gasteiger partial charge in [0.05, 0.1) is 18.2 Å². The lowest BCUT2D eigenvalue weighted by Gasteiger charge is -2.22. The average molecular weight is 330 g/mol. The lowest BCUT2D eigenvalue weighted by Crippen LogP contribution is -2.43. The van der Waals surface area contributed by atoms with Gasteiger partial charge < -0.3 is 15.4 Å². The van der Waals surface area contributed by atoms with Crippen LogP contribution in [0.15, 0.2) is 29.2 Å². The molecule has 5 nitrogen and oxygen atoms in total. The Morgan fingerprint density at radius 2 is 2.00 bits per heavy atom. The highest BCUT2D eigenvalue weighted by Gasteiger charge is 2.21. The SMILES string of the molecule is CC[C@H](C)[C@H](CO)NC(=O)c1c[nH]c2c(C(C)C)cccc2c1=O. The predicted molar refractivity (Wildman–Crippen MR) is 96.5 cm³/mol. The van der Waals surface area contributed by atoms with Crippen molar-refractivity contribution in [3.05, 3.63) is 45.7 Å². The molecular weight excluding hydrogens is 304 g/mol. The van der Waals surface area contributed by atoms with E-state index in [0.29, 0.717) is 5.39 Å². The first-order valence-corrected chi connectivity index (χ1v) is 8.46. The van der Waals surface area contributed by atoms with Gasteiger partial charge in [-0.05, 0) is 23.5 Å². The second-order valence-corrected chi connectivity index (χ2v) is 6.60. The highest BCUT2D eigenvalue weighted by atomic mass is 16.3. The number of pyridine rings is 1. The van der Waals surface area contributed by atoms with E-state index in [4.69, 9.17) is 0 Å². The fourth-order valence-electron chi connectivity index (χ4n) is 2.82. The lowest BCUT2D eigenvalue weighted by atomic mass is 9.98. The minimum Gasteiger partial charge on any atom is -0.394 e. The van der Waals surface area contributed by atoms with Crippen molar-refractivity contribution in [2.45, 2.75) is 46.1 Å². The number of aromatic amines is 1. The molecular formula is C19H26N2O3. The molecule has 0 bridgehead atoms. The van der Waals surface area contributed by atoms with Crippen LogP contribution in [0.5, 0.6) is 0 Å². The number of amides is 1. The fourth-order valence-corrected chi connectivity index (χ4v) is 2.82. The van der Waals surface area contributed by atoms with Gasteiger partial charge in [0.1, 0.15) is 5.56 Å². The van der Waals surface area contributed by atoms with Crippen molar-refractivity contribution in [1.29, 1.82) is 0 Å². The number of para-hydroxylation sites is 1. The number of carbonyl (C=O) groups is 1. The van der Waals surface area contributed by atoms with Gasteiger partial charge in [-0.1, -0.05) is 46.2 Å². The van der Waals surface area contributed by atoms with Crippen molar-refractivity contribution < 1.29 is 9.90 Å². The summed E-state index contributed by atoms with van der Waals surface area (Å²) < 4.78 is 0.